The molecule has 0 aromatic rings. The van der Waals surface area contributed by atoms with Gasteiger partial charge >= 0.3 is 0 Å². The molecule has 0 saturated heterocycles. The molecule has 0 atom stereocenters. The Morgan fingerprint density at radius 2 is 2.20 bits per heavy atom. The third-order valence-electron chi connectivity index (χ3n) is 1.02. The smallest absolute Gasteiger partial charge is 0.126 e. The molecule has 0 N–H and O–H groups in total. The van der Waals surface area contributed by atoms with Crippen LogP contribution >= 0.6 is 0 Å². The first kappa shape index (κ1) is 8.90. The van der Waals surface area contributed by atoms with E-state index in [9.17, 15) is 0 Å². The quantitative estimate of drug-likeness (QED) is 0.295. The zero-order chi connectivity index (χ0) is 7.98. The summed E-state index contributed by atoms with van der Waals surface area (Å²) in [6, 6.07) is 0. The summed E-state index contributed by atoms with van der Waals surface area (Å²) in [6.45, 7) is 4.05. The molecule has 0 aliphatic carbocycles. The molecule has 0 aliphatic rings. The molecule has 0 amide bonds. The van der Waals surface area contributed by atoms with Crippen molar-refractivity contribution in [1.82, 2.24) is 0 Å². The predicted molar refractivity (Wildman–Crippen MR) is 45.5 cm³/mol. The molecule has 2 heteroatoms. The Morgan fingerprint density at radius 3 is 2.50 bits per heavy atom. The van der Waals surface area contributed by atoms with Gasteiger partial charge in [-0.2, -0.15) is 0 Å². The van der Waals surface area contributed by atoms with E-state index in [-0.39, 0.29) is 0 Å². The average Bonchev–Trinajstić information content (AvgIpc) is 1.89. The van der Waals surface area contributed by atoms with Crippen LogP contribution in [-0.2, 0) is 0 Å². The van der Waals surface area contributed by atoms with Gasteiger partial charge in [0, 0.05) is 13.0 Å². The lowest BCUT2D eigenvalue weighted by Gasteiger charge is -2.00. The molecule has 0 heterocycles. The van der Waals surface area contributed by atoms with Crippen molar-refractivity contribution >= 4 is 12.1 Å². The third kappa shape index (κ3) is 3.03. The van der Waals surface area contributed by atoms with Crippen LogP contribution in [0.3, 0.4) is 0 Å². The van der Waals surface area contributed by atoms with Gasteiger partial charge in [-0.15, -0.1) is 6.42 Å². The van der Waals surface area contributed by atoms with Crippen LogP contribution in [0.5, 0.6) is 0 Å². The molecule has 0 aromatic heterocycles. The van der Waals surface area contributed by atoms with Crippen molar-refractivity contribution in [2.45, 2.75) is 13.8 Å². The number of nitrogens with zero attached hydrogens (tertiary/aromatic N) is 2. The number of rotatable bonds is 1. The van der Waals surface area contributed by atoms with Gasteiger partial charge in [0.2, 0.25) is 0 Å². The second kappa shape index (κ2) is 4.75. The molecule has 0 unspecified atom stereocenters. The highest BCUT2D eigenvalue weighted by molar-refractivity contribution is 5.95. The zero-order valence-corrected chi connectivity index (χ0v) is 6.63. The summed E-state index contributed by atoms with van der Waals surface area (Å²) in [5.41, 5.74) is 0. The fraction of sp³-hybridized carbons (Fsp3) is 0.500. The minimum Gasteiger partial charge on any atom is -0.274 e. The molecule has 0 spiro atoms. The molecule has 54 valence electrons. The van der Waals surface area contributed by atoms with Gasteiger partial charge in [0.25, 0.3) is 0 Å². The van der Waals surface area contributed by atoms with Crippen LogP contribution in [0.2, 0.25) is 0 Å². The van der Waals surface area contributed by atoms with E-state index in [2.05, 4.69) is 15.9 Å². The molecule has 10 heavy (non-hydrogen) atoms. The molecule has 0 aliphatic heterocycles. The van der Waals surface area contributed by atoms with E-state index < -0.39 is 0 Å². The summed E-state index contributed by atoms with van der Waals surface area (Å²) in [6.07, 6.45) is 6.40. The van der Waals surface area contributed by atoms with Crippen LogP contribution in [-0.4, -0.2) is 19.1 Å². The fourth-order valence-corrected chi connectivity index (χ4v) is 0.568. The topological polar surface area (TPSA) is 24.7 Å². The normalized spacial score (nSPS) is 12.5. The van der Waals surface area contributed by atoms with E-state index in [1.54, 1.807) is 7.05 Å². The van der Waals surface area contributed by atoms with Gasteiger partial charge in [-0.05, 0) is 0 Å². The lowest BCUT2D eigenvalue weighted by molar-refractivity contribution is 0.870. The van der Waals surface area contributed by atoms with E-state index in [1.165, 1.54) is 6.21 Å². The van der Waals surface area contributed by atoms with Crippen molar-refractivity contribution in [2.75, 3.05) is 7.05 Å². The first-order chi connectivity index (χ1) is 4.72. The summed E-state index contributed by atoms with van der Waals surface area (Å²) in [7, 11) is 1.71. The van der Waals surface area contributed by atoms with Gasteiger partial charge in [0.1, 0.15) is 5.84 Å². The van der Waals surface area contributed by atoms with Crippen LogP contribution < -0.4 is 0 Å². The van der Waals surface area contributed by atoms with Gasteiger partial charge in [-0.25, -0.2) is 4.99 Å². The van der Waals surface area contributed by atoms with Crippen LogP contribution in [0, 0.1) is 18.3 Å². The monoisotopic (exact) mass is 136 g/mol. The number of aliphatic imine (C=N–C) groups is 2. The lowest BCUT2D eigenvalue weighted by Crippen LogP contribution is -2.03. The minimum absolute atomic E-state index is 0.342. The summed E-state index contributed by atoms with van der Waals surface area (Å²) < 4.78 is 0. The van der Waals surface area contributed by atoms with Gasteiger partial charge in [-0.1, -0.05) is 19.8 Å². The van der Waals surface area contributed by atoms with Crippen LogP contribution in [0.1, 0.15) is 13.8 Å². The van der Waals surface area contributed by atoms with E-state index in [0.717, 1.165) is 5.84 Å². The second-order valence-electron chi connectivity index (χ2n) is 2.16. The first-order valence-corrected chi connectivity index (χ1v) is 3.17. The Kier molecular flexibility index (Phi) is 4.23. The van der Waals surface area contributed by atoms with Crippen molar-refractivity contribution in [3.8, 4) is 12.3 Å². The first-order valence-electron chi connectivity index (χ1n) is 3.17. The Labute approximate surface area is 62.1 Å². The van der Waals surface area contributed by atoms with Crippen LogP contribution in [0.25, 0.3) is 0 Å². The van der Waals surface area contributed by atoms with Crippen molar-refractivity contribution < 1.29 is 0 Å². The summed E-state index contributed by atoms with van der Waals surface area (Å²) in [5.74, 6) is 3.45. The summed E-state index contributed by atoms with van der Waals surface area (Å²) in [4.78, 5) is 7.90. The molecule has 0 radical (unpaired) electrons. The predicted octanol–water partition coefficient (Wildman–Crippen LogP) is 1.37. The maximum Gasteiger partial charge on any atom is 0.126 e. The maximum atomic E-state index is 4.98. The SMILES string of the molecule is C#C/C=N\C(=N/C)C(C)C. The Morgan fingerprint density at radius 1 is 1.60 bits per heavy atom. The molecular formula is C8H12N2. The van der Waals surface area contributed by atoms with Gasteiger partial charge in [0.15, 0.2) is 0 Å². The van der Waals surface area contributed by atoms with Gasteiger partial charge < -0.3 is 0 Å². The van der Waals surface area contributed by atoms with Crippen LogP contribution in [0.4, 0.5) is 0 Å². The van der Waals surface area contributed by atoms with Gasteiger partial charge in [-0.3, -0.25) is 4.99 Å². The molecule has 0 bridgehead atoms. The molecule has 0 aromatic carbocycles. The van der Waals surface area contributed by atoms with E-state index >= 15 is 0 Å². The minimum atomic E-state index is 0.342. The molecule has 0 fully saturated rings. The maximum absolute atomic E-state index is 4.98. The summed E-state index contributed by atoms with van der Waals surface area (Å²) in [5, 5.41) is 0. The Hall–Kier alpha value is -1.10. The fourth-order valence-electron chi connectivity index (χ4n) is 0.568. The zero-order valence-electron chi connectivity index (χ0n) is 6.63. The van der Waals surface area contributed by atoms with Crippen LogP contribution in [0.15, 0.2) is 9.98 Å². The number of terminal acetylenes is 1. The largest absolute Gasteiger partial charge is 0.274 e. The van der Waals surface area contributed by atoms with Crippen molar-refractivity contribution in [1.29, 1.82) is 0 Å². The Bertz CT molecular complexity index is 182. The molecule has 0 saturated carbocycles. The van der Waals surface area contributed by atoms with Gasteiger partial charge in [0.05, 0.1) is 6.21 Å². The molecular weight excluding hydrogens is 124 g/mol. The number of hydrogen-bond acceptors (Lipinski definition) is 1. The van der Waals surface area contributed by atoms with Crippen molar-refractivity contribution in [3.63, 3.8) is 0 Å². The number of amidine groups is 1. The highest BCUT2D eigenvalue weighted by Gasteiger charge is 1.98. The van der Waals surface area contributed by atoms with Crippen molar-refractivity contribution in [3.05, 3.63) is 0 Å². The number of hydrogen-bond donors (Lipinski definition) is 0. The van der Waals surface area contributed by atoms with E-state index in [0.29, 0.717) is 5.92 Å². The second-order valence-corrected chi connectivity index (χ2v) is 2.16. The lowest BCUT2D eigenvalue weighted by atomic mass is 10.2. The van der Waals surface area contributed by atoms with E-state index in [4.69, 9.17) is 6.42 Å². The third-order valence-corrected chi connectivity index (χ3v) is 1.02. The highest BCUT2D eigenvalue weighted by atomic mass is 14.9. The molecule has 2 nitrogen and oxygen atoms in total. The van der Waals surface area contributed by atoms with Crippen molar-refractivity contribution in [2.24, 2.45) is 15.9 Å². The highest BCUT2D eigenvalue weighted by Crippen LogP contribution is 1.96. The van der Waals surface area contributed by atoms with E-state index in [1.807, 2.05) is 13.8 Å². The average molecular weight is 136 g/mol. The molecule has 0 rings (SSSR count). The Balaban J connectivity index is 4.15. The summed E-state index contributed by atoms with van der Waals surface area (Å²) >= 11 is 0. The standard InChI is InChI=1S/C8H12N2/c1-5-6-10-8(9-4)7(2)3/h1,6-7H,2-4H3/b9-8-,10-6-.